The fourth-order valence-corrected chi connectivity index (χ4v) is 4.33. The van der Waals surface area contributed by atoms with Crippen molar-refractivity contribution in [1.82, 2.24) is 0 Å². The number of hydrogen-bond donors (Lipinski definition) is 4. The number of phenols is 2. The maximum Gasteiger partial charge on any atom is 0.278 e. The Morgan fingerprint density at radius 3 is 2.31 bits per heavy atom. The Kier molecular flexibility index (Phi) is 7.42. The number of hydrogen-bond acceptors (Lipinski definition) is 6. The minimum absolute atomic E-state index is 0.00728. The molecule has 0 spiro atoms. The van der Waals surface area contributed by atoms with Crippen molar-refractivity contribution in [3.8, 4) is 23.0 Å². The molecule has 7 nitrogen and oxygen atoms in total. The number of rotatable bonds is 6. The Morgan fingerprint density at radius 1 is 1.03 bits per heavy atom. The van der Waals surface area contributed by atoms with Crippen LogP contribution in [0.3, 0.4) is 0 Å². The van der Waals surface area contributed by atoms with E-state index in [-0.39, 0.29) is 23.1 Å². The van der Waals surface area contributed by atoms with E-state index in [1.54, 1.807) is 42.5 Å². The molecule has 1 amide bonds. The quantitative estimate of drug-likeness (QED) is 0.158. The zero-order valence-electron chi connectivity index (χ0n) is 17.1. The maximum absolute atomic E-state index is 12.6. The molecule has 0 aliphatic rings. The van der Waals surface area contributed by atoms with Crippen LogP contribution in [0.2, 0.25) is 0 Å². The Hall–Kier alpha value is -3.04. The van der Waals surface area contributed by atoms with E-state index in [0.29, 0.717) is 31.7 Å². The molecule has 0 unspecified atom stereocenters. The van der Waals surface area contributed by atoms with Gasteiger partial charge in [0.1, 0.15) is 17.2 Å². The van der Waals surface area contributed by atoms with Crippen molar-refractivity contribution in [2.24, 2.45) is 5.16 Å². The number of anilines is 1. The molecule has 0 saturated heterocycles. The summed E-state index contributed by atoms with van der Waals surface area (Å²) < 4.78 is 7.00. The fraction of sp³-hybridized carbons (Fsp3) is 0.130. The number of aromatic hydroxyl groups is 2. The SMILES string of the molecule is CC(C)c1cc(Oc2c(Br)cc(/C(=N\O)C(=O)Nc3cccc(O)c3)cc2Br)ccc1O. The third kappa shape index (κ3) is 5.41. The second kappa shape index (κ2) is 10.1. The van der Waals surface area contributed by atoms with Gasteiger partial charge in [0.25, 0.3) is 5.91 Å². The molecule has 0 bridgehead atoms. The van der Waals surface area contributed by atoms with E-state index in [9.17, 15) is 20.2 Å². The van der Waals surface area contributed by atoms with E-state index in [1.165, 1.54) is 12.1 Å². The molecule has 3 rings (SSSR count). The molecule has 3 aromatic carbocycles. The Labute approximate surface area is 201 Å². The van der Waals surface area contributed by atoms with Crippen LogP contribution in [-0.4, -0.2) is 27.0 Å². The number of halogens is 2. The van der Waals surface area contributed by atoms with Crippen molar-refractivity contribution in [2.75, 3.05) is 5.32 Å². The van der Waals surface area contributed by atoms with Gasteiger partial charge in [-0.15, -0.1) is 0 Å². The summed E-state index contributed by atoms with van der Waals surface area (Å²) in [5.41, 5.74) is 1.20. The summed E-state index contributed by atoms with van der Waals surface area (Å²) in [6.07, 6.45) is 0. The predicted octanol–water partition coefficient (Wildman–Crippen LogP) is 6.36. The molecule has 166 valence electrons. The van der Waals surface area contributed by atoms with Gasteiger partial charge in [0, 0.05) is 22.9 Å². The van der Waals surface area contributed by atoms with Crippen LogP contribution >= 0.6 is 31.9 Å². The second-order valence-corrected chi connectivity index (χ2v) is 8.91. The van der Waals surface area contributed by atoms with Crippen molar-refractivity contribution in [3.05, 3.63) is 74.7 Å². The highest BCUT2D eigenvalue weighted by Crippen LogP contribution is 2.39. The molecule has 0 saturated carbocycles. The summed E-state index contributed by atoms with van der Waals surface area (Å²) in [7, 11) is 0. The van der Waals surface area contributed by atoms with E-state index in [2.05, 4.69) is 42.3 Å². The van der Waals surface area contributed by atoms with Gasteiger partial charge in [-0.25, -0.2) is 0 Å². The lowest BCUT2D eigenvalue weighted by Crippen LogP contribution is -2.24. The Bertz CT molecular complexity index is 1170. The minimum Gasteiger partial charge on any atom is -0.508 e. The van der Waals surface area contributed by atoms with E-state index >= 15 is 0 Å². The number of amides is 1. The van der Waals surface area contributed by atoms with E-state index in [4.69, 9.17) is 4.74 Å². The first kappa shape index (κ1) is 23.6. The molecular weight excluding hydrogens is 544 g/mol. The van der Waals surface area contributed by atoms with Gasteiger partial charge in [-0.3, -0.25) is 4.79 Å². The number of nitrogens with zero attached hydrogens (tertiary/aromatic N) is 1. The zero-order valence-corrected chi connectivity index (χ0v) is 20.3. The number of carbonyl (C=O) groups excluding carboxylic acids is 1. The topological polar surface area (TPSA) is 111 Å². The van der Waals surface area contributed by atoms with Crippen LogP contribution in [0.1, 0.15) is 30.9 Å². The second-order valence-electron chi connectivity index (χ2n) is 7.20. The maximum atomic E-state index is 12.6. The molecule has 0 heterocycles. The molecule has 0 fully saturated rings. The molecule has 4 N–H and O–H groups in total. The molecule has 0 atom stereocenters. The summed E-state index contributed by atoms with van der Waals surface area (Å²) in [6, 6.07) is 14.2. The number of phenolic OH excluding ortho intramolecular Hbond substituents is 2. The largest absolute Gasteiger partial charge is 0.508 e. The molecule has 32 heavy (non-hydrogen) atoms. The van der Waals surface area contributed by atoms with Gasteiger partial charge in [0.2, 0.25) is 0 Å². The normalized spacial score (nSPS) is 11.5. The monoisotopic (exact) mass is 562 g/mol. The van der Waals surface area contributed by atoms with E-state index in [1.807, 2.05) is 13.8 Å². The van der Waals surface area contributed by atoms with Gasteiger partial charge in [-0.1, -0.05) is 25.1 Å². The third-order valence-electron chi connectivity index (χ3n) is 4.53. The van der Waals surface area contributed by atoms with E-state index < -0.39 is 5.91 Å². The van der Waals surface area contributed by atoms with Gasteiger partial charge in [0.05, 0.1) is 8.95 Å². The molecular formula is C23H20Br2N2O5. The number of nitrogens with one attached hydrogen (secondary N) is 1. The number of ether oxygens (including phenoxy) is 1. The highest BCUT2D eigenvalue weighted by Gasteiger charge is 2.20. The lowest BCUT2D eigenvalue weighted by atomic mass is 10.0. The molecule has 3 aromatic rings. The first-order valence-corrected chi connectivity index (χ1v) is 11.1. The third-order valence-corrected chi connectivity index (χ3v) is 5.71. The predicted molar refractivity (Wildman–Crippen MR) is 129 cm³/mol. The summed E-state index contributed by atoms with van der Waals surface area (Å²) in [5, 5.41) is 34.8. The average Bonchev–Trinajstić information content (AvgIpc) is 2.72. The Morgan fingerprint density at radius 2 is 1.72 bits per heavy atom. The van der Waals surface area contributed by atoms with Crippen molar-refractivity contribution < 1.29 is 25.0 Å². The van der Waals surface area contributed by atoms with E-state index in [0.717, 1.165) is 5.56 Å². The van der Waals surface area contributed by atoms with Crippen LogP contribution in [0, 0.1) is 0 Å². The van der Waals surface area contributed by atoms with Gasteiger partial charge in [-0.05, 0) is 80.2 Å². The smallest absolute Gasteiger partial charge is 0.278 e. The van der Waals surface area contributed by atoms with Gasteiger partial charge < -0.3 is 25.5 Å². The number of benzene rings is 3. The average molecular weight is 564 g/mol. The summed E-state index contributed by atoms with van der Waals surface area (Å²) >= 11 is 6.87. The van der Waals surface area contributed by atoms with Crippen LogP contribution in [0.5, 0.6) is 23.0 Å². The fourth-order valence-electron chi connectivity index (χ4n) is 2.98. The Balaban J connectivity index is 1.87. The van der Waals surface area contributed by atoms with Gasteiger partial charge in [0.15, 0.2) is 11.5 Å². The first-order valence-electron chi connectivity index (χ1n) is 9.52. The highest BCUT2D eigenvalue weighted by atomic mass is 79.9. The lowest BCUT2D eigenvalue weighted by molar-refractivity contribution is -0.110. The van der Waals surface area contributed by atoms with Crippen LogP contribution in [0.4, 0.5) is 5.69 Å². The highest BCUT2D eigenvalue weighted by molar-refractivity contribution is 9.11. The summed E-state index contributed by atoms with van der Waals surface area (Å²) in [5.74, 6) is 0.611. The number of oxime groups is 1. The van der Waals surface area contributed by atoms with Gasteiger partial charge in [-0.2, -0.15) is 0 Å². The van der Waals surface area contributed by atoms with Crippen molar-refractivity contribution in [3.63, 3.8) is 0 Å². The molecule has 0 radical (unpaired) electrons. The molecule has 0 aliphatic carbocycles. The summed E-state index contributed by atoms with van der Waals surface area (Å²) in [6.45, 7) is 3.94. The van der Waals surface area contributed by atoms with Crippen LogP contribution < -0.4 is 10.1 Å². The van der Waals surface area contributed by atoms with Crippen LogP contribution in [0.25, 0.3) is 0 Å². The number of carbonyl (C=O) groups is 1. The molecule has 0 aromatic heterocycles. The van der Waals surface area contributed by atoms with Crippen molar-refractivity contribution in [2.45, 2.75) is 19.8 Å². The standard InChI is InChI=1S/C23H20Br2N2O5/c1-12(2)17-11-16(6-7-20(17)29)32-22-18(24)8-13(9-19(22)25)21(27-31)23(30)26-14-4-3-5-15(28)10-14/h3-12,28-29,31H,1-2H3,(H,26,30)/b27-21+. The molecule has 0 aliphatic heterocycles. The van der Waals surface area contributed by atoms with Crippen LogP contribution in [-0.2, 0) is 4.79 Å². The van der Waals surface area contributed by atoms with Gasteiger partial charge >= 0.3 is 0 Å². The first-order chi connectivity index (χ1) is 15.2. The summed E-state index contributed by atoms with van der Waals surface area (Å²) in [4.78, 5) is 12.6. The lowest BCUT2D eigenvalue weighted by Gasteiger charge is -2.15. The van der Waals surface area contributed by atoms with Crippen LogP contribution in [0.15, 0.2) is 68.7 Å². The minimum atomic E-state index is -0.661. The van der Waals surface area contributed by atoms with Crippen molar-refractivity contribution >= 4 is 49.2 Å². The van der Waals surface area contributed by atoms with Crippen molar-refractivity contribution in [1.29, 1.82) is 0 Å². The zero-order chi connectivity index (χ0) is 23.4. The molecule has 9 heteroatoms.